The number of hydrogen-bond acceptors (Lipinski definition) is 6. The summed E-state index contributed by atoms with van der Waals surface area (Å²) in [6.45, 7) is 8.56. The maximum absolute atomic E-state index is 14.8. The fourth-order valence-electron chi connectivity index (χ4n) is 4.83. The first-order chi connectivity index (χ1) is 14.6. The summed E-state index contributed by atoms with van der Waals surface area (Å²) in [5, 5.41) is 0. The highest BCUT2D eigenvalue weighted by atomic mass is 19.1. The van der Waals surface area contributed by atoms with Gasteiger partial charge in [-0.25, -0.2) is 14.0 Å². The fraction of sp³-hybridized carbons (Fsp3) is 0.652. The van der Waals surface area contributed by atoms with Crippen LogP contribution in [0, 0.1) is 5.82 Å². The SMILES string of the molecule is COC(=O)c1cc(F)c2c(c1)CCN(C1CCOC3(C1)CN(C(=O)OC(C)(C)C)C3)C2. The lowest BCUT2D eigenvalue weighted by Gasteiger charge is -2.54. The highest BCUT2D eigenvalue weighted by Gasteiger charge is 2.51. The molecule has 3 heterocycles. The Kier molecular flexibility index (Phi) is 5.72. The van der Waals surface area contributed by atoms with E-state index in [1.807, 2.05) is 20.8 Å². The van der Waals surface area contributed by atoms with Crippen LogP contribution in [0.25, 0.3) is 0 Å². The summed E-state index contributed by atoms with van der Waals surface area (Å²) in [5.74, 6) is -0.876. The Balaban J connectivity index is 1.40. The minimum absolute atomic E-state index is 0.258. The van der Waals surface area contributed by atoms with E-state index in [2.05, 4.69) is 4.90 Å². The number of benzene rings is 1. The molecule has 170 valence electrons. The second-order valence-electron chi connectivity index (χ2n) is 9.82. The molecule has 1 spiro atoms. The molecule has 7 nitrogen and oxygen atoms in total. The smallest absolute Gasteiger partial charge is 0.410 e. The van der Waals surface area contributed by atoms with Crippen LogP contribution in [0.15, 0.2) is 12.1 Å². The van der Waals surface area contributed by atoms with E-state index >= 15 is 0 Å². The first-order valence-corrected chi connectivity index (χ1v) is 10.8. The van der Waals surface area contributed by atoms with E-state index in [1.54, 1.807) is 11.0 Å². The van der Waals surface area contributed by atoms with Gasteiger partial charge < -0.3 is 19.1 Å². The van der Waals surface area contributed by atoms with Crippen LogP contribution in [0.1, 0.15) is 55.1 Å². The van der Waals surface area contributed by atoms with Gasteiger partial charge in [0.1, 0.15) is 17.0 Å². The number of nitrogens with zero attached hydrogens (tertiary/aromatic N) is 2. The Morgan fingerprint density at radius 1 is 1.26 bits per heavy atom. The molecule has 1 unspecified atom stereocenters. The van der Waals surface area contributed by atoms with E-state index in [0.717, 1.165) is 24.9 Å². The number of rotatable bonds is 2. The van der Waals surface area contributed by atoms with E-state index < -0.39 is 11.6 Å². The molecule has 2 fully saturated rings. The number of likely N-dealkylation sites (tertiary alicyclic amines) is 1. The van der Waals surface area contributed by atoms with Gasteiger partial charge in [-0.2, -0.15) is 0 Å². The van der Waals surface area contributed by atoms with Gasteiger partial charge >= 0.3 is 12.1 Å². The average molecular weight is 435 g/mol. The molecule has 1 atom stereocenters. The first-order valence-electron chi connectivity index (χ1n) is 10.8. The third kappa shape index (κ3) is 4.55. The topological polar surface area (TPSA) is 68.3 Å². The van der Waals surface area contributed by atoms with Gasteiger partial charge in [0.2, 0.25) is 0 Å². The molecule has 0 saturated carbocycles. The van der Waals surface area contributed by atoms with Crippen LogP contribution in [0.5, 0.6) is 0 Å². The van der Waals surface area contributed by atoms with Crippen molar-refractivity contribution in [2.75, 3.05) is 33.4 Å². The van der Waals surface area contributed by atoms with Crippen molar-refractivity contribution < 1.29 is 28.2 Å². The van der Waals surface area contributed by atoms with Crippen molar-refractivity contribution in [3.05, 3.63) is 34.6 Å². The van der Waals surface area contributed by atoms with Crippen LogP contribution in [0.4, 0.5) is 9.18 Å². The van der Waals surface area contributed by atoms with E-state index in [1.165, 1.54) is 13.2 Å². The predicted octanol–water partition coefficient (Wildman–Crippen LogP) is 3.14. The van der Waals surface area contributed by atoms with Crippen molar-refractivity contribution in [1.82, 2.24) is 9.80 Å². The van der Waals surface area contributed by atoms with E-state index in [4.69, 9.17) is 14.2 Å². The number of fused-ring (bicyclic) bond motifs is 1. The van der Waals surface area contributed by atoms with Crippen LogP contribution >= 0.6 is 0 Å². The van der Waals surface area contributed by atoms with Crippen LogP contribution in [-0.2, 0) is 27.2 Å². The number of amides is 1. The third-order valence-corrected chi connectivity index (χ3v) is 6.33. The fourth-order valence-corrected chi connectivity index (χ4v) is 4.83. The van der Waals surface area contributed by atoms with Crippen molar-refractivity contribution >= 4 is 12.1 Å². The predicted molar refractivity (Wildman–Crippen MR) is 111 cm³/mol. The molecule has 0 aromatic heterocycles. The highest BCUT2D eigenvalue weighted by molar-refractivity contribution is 5.89. The Labute approximate surface area is 182 Å². The van der Waals surface area contributed by atoms with E-state index in [0.29, 0.717) is 38.2 Å². The Bertz CT molecular complexity index is 875. The molecular formula is C23H31FN2O5. The summed E-state index contributed by atoms with van der Waals surface area (Å²) in [6, 6.07) is 3.28. The number of ether oxygens (including phenoxy) is 3. The second kappa shape index (κ2) is 8.06. The quantitative estimate of drug-likeness (QED) is 0.667. The molecule has 0 N–H and O–H groups in total. The molecular weight excluding hydrogens is 403 g/mol. The van der Waals surface area contributed by atoms with Gasteiger partial charge in [0.05, 0.1) is 25.8 Å². The molecule has 0 radical (unpaired) electrons. The summed E-state index contributed by atoms with van der Waals surface area (Å²) < 4.78 is 31.0. The molecule has 1 amide bonds. The van der Waals surface area contributed by atoms with Crippen molar-refractivity contribution in [2.24, 2.45) is 0 Å². The molecule has 3 aliphatic heterocycles. The number of esters is 1. The van der Waals surface area contributed by atoms with Crippen LogP contribution in [0.2, 0.25) is 0 Å². The molecule has 8 heteroatoms. The third-order valence-electron chi connectivity index (χ3n) is 6.33. The molecule has 31 heavy (non-hydrogen) atoms. The Morgan fingerprint density at radius 2 is 2.00 bits per heavy atom. The minimum Gasteiger partial charge on any atom is -0.465 e. The average Bonchev–Trinajstić information content (AvgIpc) is 2.69. The van der Waals surface area contributed by atoms with Crippen LogP contribution < -0.4 is 0 Å². The van der Waals surface area contributed by atoms with Crippen molar-refractivity contribution in [2.45, 2.75) is 63.8 Å². The standard InChI is InChI=1S/C23H31FN2O5/c1-22(2,3)31-21(28)26-13-23(14-26)11-17(6-8-30-23)25-7-5-15-9-16(20(27)29-4)10-19(24)18(15)12-25/h9-10,17H,5-8,11-14H2,1-4H3. The zero-order chi connectivity index (χ0) is 22.4. The summed E-state index contributed by atoms with van der Waals surface area (Å²) in [5.41, 5.74) is 0.929. The summed E-state index contributed by atoms with van der Waals surface area (Å²) >= 11 is 0. The van der Waals surface area contributed by atoms with Gasteiger partial charge in [0.25, 0.3) is 0 Å². The highest BCUT2D eigenvalue weighted by Crippen LogP contribution is 2.38. The Morgan fingerprint density at radius 3 is 2.68 bits per heavy atom. The molecule has 0 aliphatic carbocycles. The van der Waals surface area contributed by atoms with Crippen LogP contribution in [-0.4, -0.2) is 72.5 Å². The van der Waals surface area contributed by atoms with Crippen LogP contribution in [0.3, 0.4) is 0 Å². The van der Waals surface area contributed by atoms with Gasteiger partial charge in [0, 0.05) is 31.3 Å². The Hall–Kier alpha value is -2.19. The lowest BCUT2D eigenvalue weighted by atomic mass is 9.82. The lowest BCUT2D eigenvalue weighted by Crippen LogP contribution is -2.68. The molecule has 1 aromatic rings. The lowest BCUT2D eigenvalue weighted by molar-refractivity contribution is -0.177. The molecule has 2 saturated heterocycles. The second-order valence-corrected chi connectivity index (χ2v) is 9.82. The molecule has 0 bridgehead atoms. The van der Waals surface area contributed by atoms with Gasteiger partial charge in [-0.1, -0.05) is 0 Å². The van der Waals surface area contributed by atoms with Crippen molar-refractivity contribution in [3.63, 3.8) is 0 Å². The van der Waals surface area contributed by atoms with E-state index in [-0.39, 0.29) is 29.1 Å². The maximum Gasteiger partial charge on any atom is 0.410 e. The minimum atomic E-state index is -0.519. The van der Waals surface area contributed by atoms with Crippen molar-refractivity contribution in [1.29, 1.82) is 0 Å². The normalized spacial score (nSPS) is 23.1. The summed E-state index contributed by atoms with van der Waals surface area (Å²) in [4.78, 5) is 28.1. The molecule has 1 aromatic carbocycles. The number of carbonyl (C=O) groups is 2. The van der Waals surface area contributed by atoms with Gasteiger partial charge in [-0.3, -0.25) is 4.90 Å². The number of hydrogen-bond donors (Lipinski definition) is 0. The van der Waals surface area contributed by atoms with Gasteiger partial charge in [-0.05, 0) is 57.7 Å². The zero-order valence-corrected chi connectivity index (χ0v) is 18.7. The van der Waals surface area contributed by atoms with Gasteiger partial charge in [0.15, 0.2) is 0 Å². The van der Waals surface area contributed by atoms with E-state index in [9.17, 15) is 14.0 Å². The first kappa shape index (κ1) is 22.0. The molecule has 3 aliphatic rings. The van der Waals surface area contributed by atoms with Gasteiger partial charge in [-0.15, -0.1) is 0 Å². The summed E-state index contributed by atoms with van der Waals surface area (Å²) in [6.07, 6.45) is 2.07. The zero-order valence-electron chi connectivity index (χ0n) is 18.7. The largest absolute Gasteiger partial charge is 0.465 e. The number of methoxy groups -OCH3 is 1. The molecule has 4 rings (SSSR count). The monoisotopic (exact) mass is 434 g/mol. The number of halogens is 1. The maximum atomic E-state index is 14.8. The summed E-state index contributed by atoms with van der Waals surface area (Å²) in [7, 11) is 1.30. The van der Waals surface area contributed by atoms with Crippen molar-refractivity contribution in [3.8, 4) is 0 Å². The number of carbonyl (C=O) groups excluding carboxylic acids is 2.